The highest BCUT2D eigenvalue weighted by Gasteiger charge is 2.16. The summed E-state index contributed by atoms with van der Waals surface area (Å²) in [6.45, 7) is 5.17. The van der Waals surface area contributed by atoms with Crippen molar-refractivity contribution in [2.45, 2.75) is 25.2 Å². The SMILES string of the molecule is CC(C)(C#N)CCSc1ccc2c(c1)OCCO2. The second-order valence-electron chi connectivity index (χ2n) is 4.90. The summed E-state index contributed by atoms with van der Waals surface area (Å²) < 4.78 is 11.0. The molecule has 0 fully saturated rings. The number of nitriles is 1. The molecular formula is C14H17NO2S. The number of thioether (sulfide) groups is 1. The van der Waals surface area contributed by atoms with Crippen LogP contribution in [0.2, 0.25) is 0 Å². The molecule has 0 aliphatic carbocycles. The molecule has 18 heavy (non-hydrogen) atoms. The van der Waals surface area contributed by atoms with Gasteiger partial charge in [0.1, 0.15) is 13.2 Å². The third-order valence-corrected chi connectivity index (χ3v) is 3.81. The first kappa shape index (κ1) is 13.1. The van der Waals surface area contributed by atoms with Gasteiger partial charge < -0.3 is 9.47 Å². The summed E-state index contributed by atoms with van der Waals surface area (Å²) in [6, 6.07) is 8.32. The van der Waals surface area contributed by atoms with Crippen LogP contribution >= 0.6 is 11.8 Å². The van der Waals surface area contributed by atoms with E-state index in [1.807, 2.05) is 32.0 Å². The number of hydrogen-bond donors (Lipinski definition) is 0. The smallest absolute Gasteiger partial charge is 0.162 e. The topological polar surface area (TPSA) is 42.2 Å². The maximum atomic E-state index is 8.95. The van der Waals surface area contributed by atoms with Gasteiger partial charge in [0.2, 0.25) is 0 Å². The van der Waals surface area contributed by atoms with Crippen LogP contribution in [0.5, 0.6) is 11.5 Å². The average molecular weight is 263 g/mol. The second-order valence-corrected chi connectivity index (χ2v) is 6.07. The highest BCUT2D eigenvalue weighted by Crippen LogP contribution is 2.35. The van der Waals surface area contributed by atoms with Crippen LogP contribution in [-0.4, -0.2) is 19.0 Å². The van der Waals surface area contributed by atoms with Crippen LogP contribution in [0.15, 0.2) is 23.1 Å². The molecule has 1 aromatic carbocycles. The van der Waals surface area contributed by atoms with Gasteiger partial charge in [-0.3, -0.25) is 0 Å². The van der Waals surface area contributed by atoms with Crippen LogP contribution in [0.3, 0.4) is 0 Å². The second kappa shape index (κ2) is 5.53. The van der Waals surface area contributed by atoms with E-state index >= 15 is 0 Å². The molecule has 0 bridgehead atoms. The van der Waals surface area contributed by atoms with Crippen molar-refractivity contribution < 1.29 is 9.47 Å². The molecule has 96 valence electrons. The fraction of sp³-hybridized carbons (Fsp3) is 0.500. The van der Waals surface area contributed by atoms with Crippen LogP contribution in [0, 0.1) is 16.7 Å². The van der Waals surface area contributed by atoms with E-state index in [2.05, 4.69) is 6.07 Å². The molecule has 0 radical (unpaired) electrons. The van der Waals surface area contributed by atoms with Crippen molar-refractivity contribution in [1.29, 1.82) is 5.26 Å². The highest BCUT2D eigenvalue weighted by atomic mass is 32.2. The molecule has 1 heterocycles. The lowest BCUT2D eigenvalue weighted by atomic mass is 9.93. The van der Waals surface area contributed by atoms with Crippen molar-refractivity contribution in [3.05, 3.63) is 18.2 Å². The number of nitrogens with zero attached hydrogens (tertiary/aromatic N) is 1. The molecule has 1 aromatic rings. The lowest BCUT2D eigenvalue weighted by molar-refractivity contribution is 0.171. The summed E-state index contributed by atoms with van der Waals surface area (Å²) in [6.07, 6.45) is 0.878. The van der Waals surface area contributed by atoms with Crippen molar-refractivity contribution in [1.82, 2.24) is 0 Å². The van der Waals surface area contributed by atoms with E-state index in [0.717, 1.165) is 28.6 Å². The van der Waals surface area contributed by atoms with E-state index in [1.165, 1.54) is 0 Å². The van der Waals surface area contributed by atoms with Crippen molar-refractivity contribution >= 4 is 11.8 Å². The van der Waals surface area contributed by atoms with Gasteiger partial charge in [0, 0.05) is 4.90 Å². The summed E-state index contributed by atoms with van der Waals surface area (Å²) in [7, 11) is 0. The first-order chi connectivity index (χ1) is 8.61. The van der Waals surface area contributed by atoms with Crippen LogP contribution in [0.4, 0.5) is 0 Å². The molecule has 0 atom stereocenters. The standard InChI is InChI=1S/C14H17NO2S/c1-14(2,10-15)5-8-18-11-3-4-12-13(9-11)17-7-6-16-12/h3-4,9H,5-8H2,1-2H3. The van der Waals surface area contributed by atoms with Gasteiger partial charge in [0.15, 0.2) is 11.5 Å². The normalized spacial score (nSPS) is 14.1. The molecule has 0 aromatic heterocycles. The molecule has 4 heteroatoms. The molecule has 0 spiro atoms. The zero-order valence-corrected chi connectivity index (χ0v) is 11.5. The van der Waals surface area contributed by atoms with Gasteiger partial charge in [-0.2, -0.15) is 5.26 Å². The number of rotatable bonds is 4. The summed E-state index contributed by atoms with van der Waals surface area (Å²) in [5.74, 6) is 2.58. The zero-order valence-electron chi connectivity index (χ0n) is 10.7. The minimum absolute atomic E-state index is 0.249. The van der Waals surface area contributed by atoms with E-state index in [4.69, 9.17) is 14.7 Å². The summed E-state index contributed by atoms with van der Waals surface area (Å²) >= 11 is 1.75. The maximum Gasteiger partial charge on any atom is 0.162 e. The fourth-order valence-electron chi connectivity index (χ4n) is 1.59. The third-order valence-electron chi connectivity index (χ3n) is 2.81. The molecule has 0 saturated heterocycles. The fourth-order valence-corrected chi connectivity index (χ4v) is 2.80. The van der Waals surface area contributed by atoms with E-state index < -0.39 is 0 Å². The number of fused-ring (bicyclic) bond motifs is 1. The van der Waals surface area contributed by atoms with Gasteiger partial charge >= 0.3 is 0 Å². The molecule has 3 nitrogen and oxygen atoms in total. The lowest BCUT2D eigenvalue weighted by Gasteiger charge is -2.19. The molecule has 1 aliphatic rings. The lowest BCUT2D eigenvalue weighted by Crippen LogP contribution is -2.15. The Morgan fingerprint density at radius 2 is 2.00 bits per heavy atom. The summed E-state index contributed by atoms with van der Waals surface area (Å²) in [4.78, 5) is 1.16. The first-order valence-electron chi connectivity index (χ1n) is 6.04. The van der Waals surface area contributed by atoms with Gasteiger partial charge in [-0.1, -0.05) is 0 Å². The van der Waals surface area contributed by atoms with Crippen LogP contribution < -0.4 is 9.47 Å². The Bertz CT molecular complexity index is 465. The highest BCUT2D eigenvalue weighted by molar-refractivity contribution is 7.99. The Morgan fingerprint density at radius 3 is 2.72 bits per heavy atom. The Morgan fingerprint density at radius 1 is 1.28 bits per heavy atom. The summed E-state index contributed by atoms with van der Waals surface area (Å²) in [5.41, 5.74) is -0.249. The average Bonchev–Trinajstić information content (AvgIpc) is 2.38. The van der Waals surface area contributed by atoms with Crippen LogP contribution in [0.25, 0.3) is 0 Å². The predicted octanol–water partition coefficient (Wildman–Crippen LogP) is 3.49. The Kier molecular flexibility index (Phi) is 4.03. The number of ether oxygens (including phenoxy) is 2. The van der Waals surface area contributed by atoms with Gasteiger partial charge in [-0.25, -0.2) is 0 Å². The Labute approximate surface area is 112 Å². The zero-order chi connectivity index (χ0) is 13.0. The van der Waals surface area contributed by atoms with Crippen molar-refractivity contribution in [3.63, 3.8) is 0 Å². The first-order valence-corrected chi connectivity index (χ1v) is 7.03. The van der Waals surface area contributed by atoms with Crippen molar-refractivity contribution in [2.24, 2.45) is 5.41 Å². The number of hydrogen-bond acceptors (Lipinski definition) is 4. The Hall–Kier alpha value is -1.34. The molecule has 1 aliphatic heterocycles. The van der Waals surface area contributed by atoms with Gasteiger partial charge in [-0.05, 0) is 44.2 Å². The van der Waals surface area contributed by atoms with Gasteiger partial charge in [-0.15, -0.1) is 11.8 Å². The molecular weight excluding hydrogens is 246 g/mol. The minimum Gasteiger partial charge on any atom is -0.486 e. The van der Waals surface area contributed by atoms with Gasteiger partial charge in [0.25, 0.3) is 0 Å². The molecule has 0 N–H and O–H groups in total. The van der Waals surface area contributed by atoms with Crippen LogP contribution in [0.1, 0.15) is 20.3 Å². The maximum absolute atomic E-state index is 8.95. The number of benzene rings is 1. The largest absolute Gasteiger partial charge is 0.486 e. The third kappa shape index (κ3) is 3.33. The minimum atomic E-state index is -0.249. The van der Waals surface area contributed by atoms with Crippen LogP contribution in [-0.2, 0) is 0 Å². The van der Waals surface area contributed by atoms with Gasteiger partial charge in [0.05, 0.1) is 11.5 Å². The monoisotopic (exact) mass is 263 g/mol. The molecule has 2 rings (SSSR count). The van der Waals surface area contributed by atoms with E-state index in [9.17, 15) is 0 Å². The van der Waals surface area contributed by atoms with E-state index in [1.54, 1.807) is 11.8 Å². The van der Waals surface area contributed by atoms with E-state index in [0.29, 0.717) is 13.2 Å². The Balaban J connectivity index is 1.93. The van der Waals surface area contributed by atoms with Crippen molar-refractivity contribution in [2.75, 3.05) is 19.0 Å². The quantitative estimate of drug-likeness (QED) is 0.780. The predicted molar refractivity (Wildman–Crippen MR) is 72.2 cm³/mol. The van der Waals surface area contributed by atoms with E-state index in [-0.39, 0.29) is 5.41 Å². The molecule has 0 unspecified atom stereocenters. The molecule has 0 amide bonds. The molecule has 0 saturated carbocycles. The van der Waals surface area contributed by atoms with Crippen molar-refractivity contribution in [3.8, 4) is 17.6 Å². The summed E-state index contributed by atoms with van der Waals surface area (Å²) in [5, 5.41) is 8.95.